The molecule has 0 radical (unpaired) electrons. The molecule has 0 spiro atoms. The van der Waals surface area contributed by atoms with E-state index in [-0.39, 0.29) is 147 Å². The molecule has 6 N–H and O–H groups in total. The summed E-state index contributed by atoms with van der Waals surface area (Å²) in [5, 5.41) is 17.2. The number of urea groups is 1. The number of nitrogens with zero attached hydrogens (tertiary/aromatic N) is 5. The van der Waals surface area contributed by atoms with Crippen molar-refractivity contribution in [3.63, 3.8) is 0 Å². The minimum absolute atomic E-state index is 0.0117. The molecule has 2 saturated heterocycles. The Balaban J connectivity index is 1.04. The number of methoxy groups -OCH3 is 2. The van der Waals surface area contributed by atoms with Crippen molar-refractivity contribution in [2.75, 3.05) is 40.9 Å². The molecule has 3 aromatic rings. The molecule has 7 amide bonds. The highest BCUT2D eigenvalue weighted by Crippen LogP contribution is 2.44. The molecule has 1 aliphatic carbocycles. The average molecular weight is 1400 g/mol. The largest absolute Gasteiger partial charge is 0.481 e. The highest BCUT2D eigenvalue weighted by Gasteiger charge is 2.53. The first-order valence-corrected chi connectivity index (χ1v) is 36.6. The molecule has 1 saturated carbocycles. The number of nitrogens with one attached hydrogen (secondary N) is 3. The highest BCUT2D eigenvalue weighted by molar-refractivity contribution is 5.94. The van der Waals surface area contributed by atoms with Crippen molar-refractivity contribution in [1.82, 2.24) is 40.6 Å². The molecule has 101 heavy (non-hydrogen) atoms. The maximum Gasteiger partial charge on any atom is 0.410 e. The molecular weight excluding hydrogens is 1290 g/mol. The lowest BCUT2D eigenvalue weighted by Crippen LogP contribution is -2.54. The van der Waals surface area contributed by atoms with Gasteiger partial charge in [0, 0.05) is 122 Å². The fourth-order valence-corrected chi connectivity index (χ4v) is 15.0. The molecule has 6 rings (SSSR count). The molecule has 24 heteroatoms. The van der Waals surface area contributed by atoms with Crippen LogP contribution in [0.2, 0.25) is 0 Å². The number of ketones is 4. The number of aliphatic carboxylic acids is 1. The van der Waals surface area contributed by atoms with Crippen LogP contribution in [0.3, 0.4) is 0 Å². The van der Waals surface area contributed by atoms with E-state index in [1.54, 1.807) is 73.8 Å². The lowest BCUT2D eigenvalue weighted by atomic mass is 9.83. The highest BCUT2D eigenvalue weighted by atomic mass is 16.6. The van der Waals surface area contributed by atoms with Gasteiger partial charge in [0.15, 0.2) is 11.6 Å². The van der Waals surface area contributed by atoms with E-state index >= 15 is 4.79 Å². The number of carbonyl (C=O) groups is 11. The number of aromatic nitrogens is 2. The van der Waals surface area contributed by atoms with Gasteiger partial charge in [-0.25, -0.2) is 19.6 Å². The van der Waals surface area contributed by atoms with Crippen molar-refractivity contribution >= 4 is 64.9 Å². The van der Waals surface area contributed by atoms with E-state index < -0.39 is 78.0 Å². The van der Waals surface area contributed by atoms with E-state index in [2.05, 4.69) is 25.9 Å². The third kappa shape index (κ3) is 24.1. The Hall–Kier alpha value is -7.99. The number of piperidine rings is 1. The molecule has 2 bridgehead atoms. The standard InChI is InChI=1S/C77H113N9O15/c1-12-49(6)69(66(99-10)45-68(92)85-37-20-26-62(85)71(100-11)51(8)63(88)42-56(72-80-35-21-36-81-72)39-52-22-15-13-16-23-52)84(9)74(94)60(48(4)5)44-65(90)70-55-31-32-57(41-55)86(70)77(98)101-46-54-29-27-53(28-30-54)40-64(89)61(25-19-34-82-76(78)97)83-73(93)59(47(2)3)43-58(87)24-17-14-18-33-79-67(91)38-50(7)75(95)96/h13,15-16,21-23,27-30,35-36,47-51,55-57,59-62,66,69-71H,12,14,17-20,24-26,31-34,37-46H2,1-11H3,(H,79,91)(H,83,93)(H,95,96)(H3,78,82,97)/t49-,50?,51-,55-,56-,57+,59-,60-,61-,62-,66+,69?,70-,71+/m0/s1. The zero-order valence-corrected chi connectivity index (χ0v) is 61.4. The number of rotatable bonds is 44. The second-order valence-electron chi connectivity index (χ2n) is 29.1. The Morgan fingerprint density at radius 1 is 0.723 bits per heavy atom. The summed E-state index contributed by atoms with van der Waals surface area (Å²) in [5.41, 5.74) is 7.61. The smallest absolute Gasteiger partial charge is 0.410 e. The number of likely N-dealkylation sites (N-methyl/N-ethyl adjacent to an activating group) is 1. The predicted molar refractivity (Wildman–Crippen MR) is 380 cm³/mol. The monoisotopic (exact) mass is 1400 g/mol. The summed E-state index contributed by atoms with van der Waals surface area (Å²) < 4.78 is 18.3. The van der Waals surface area contributed by atoms with E-state index in [0.717, 1.165) is 18.4 Å². The van der Waals surface area contributed by atoms with Crippen LogP contribution in [0.15, 0.2) is 73.1 Å². The SMILES string of the molecule is CC[C@H](C)C([C@@H](CC(=O)N1CCC[C@H]1[C@H](OC)[C@@H](C)C(=O)C[C@H](Cc1ccccc1)c1ncccn1)OC)N(C)C(=O)[C@@H](CC(=O)[C@@H]1[C@H]2CC[C@H](C2)N1C(=O)OCc1ccc(CC(=O)[C@H](CCCNC(N)=O)NC(=O)[C@@H](CC(=O)CCCCCNC(=O)CC(C)C(=O)O)C(C)C)cc1)C(C)C. The van der Waals surface area contributed by atoms with Crippen LogP contribution in [-0.4, -0.2) is 178 Å². The number of hydrogen-bond acceptors (Lipinski definition) is 16. The van der Waals surface area contributed by atoms with Crippen LogP contribution >= 0.6 is 0 Å². The lowest BCUT2D eigenvalue weighted by Gasteiger charge is -2.41. The maximum absolute atomic E-state index is 15.1. The lowest BCUT2D eigenvalue weighted by molar-refractivity contribution is -0.149. The zero-order chi connectivity index (χ0) is 74.0. The Labute approximate surface area is 596 Å². The molecule has 14 atom stereocenters. The van der Waals surface area contributed by atoms with Gasteiger partial charge in [0.1, 0.15) is 24.0 Å². The number of Topliss-reactive ketones (excluding diaryl/α,β-unsaturated/α-hetero) is 4. The Morgan fingerprint density at radius 2 is 1.40 bits per heavy atom. The summed E-state index contributed by atoms with van der Waals surface area (Å²) >= 11 is 0. The van der Waals surface area contributed by atoms with E-state index in [9.17, 15) is 47.9 Å². The van der Waals surface area contributed by atoms with Crippen LogP contribution in [-0.2, 0) is 76.8 Å². The average Bonchev–Trinajstić information content (AvgIpc) is 1.63. The van der Waals surface area contributed by atoms with Crippen LogP contribution < -0.4 is 21.7 Å². The number of carboxylic acid groups (broad SMARTS) is 1. The number of primary amides is 1. The van der Waals surface area contributed by atoms with Gasteiger partial charge in [-0.3, -0.25) is 48.1 Å². The summed E-state index contributed by atoms with van der Waals surface area (Å²) in [7, 11) is 4.85. The minimum atomic E-state index is -1.05. The maximum atomic E-state index is 15.1. The number of likely N-dealkylation sites (tertiary alicyclic amines) is 2. The van der Waals surface area contributed by atoms with E-state index in [0.29, 0.717) is 87.8 Å². The molecule has 2 unspecified atom stereocenters. The molecule has 556 valence electrons. The van der Waals surface area contributed by atoms with Gasteiger partial charge >= 0.3 is 18.1 Å². The summed E-state index contributed by atoms with van der Waals surface area (Å²) in [6.45, 7) is 15.7. The van der Waals surface area contributed by atoms with E-state index in [1.807, 2.05) is 83.7 Å². The van der Waals surface area contributed by atoms with Gasteiger partial charge in [-0.15, -0.1) is 0 Å². The molecule has 24 nitrogen and oxygen atoms in total. The first-order chi connectivity index (χ1) is 48.2. The van der Waals surface area contributed by atoms with E-state index in [4.69, 9.17) is 25.1 Å². The van der Waals surface area contributed by atoms with Gasteiger partial charge in [0.05, 0.1) is 48.7 Å². The number of amides is 7. The Bertz CT molecular complexity index is 3230. The Kier molecular flexibility index (Phi) is 32.9. The second kappa shape index (κ2) is 40.6. The fraction of sp³-hybridized carbons (Fsp3) is 0.649. The number of benzene rings is 2. The number of hydrogen-bond donors (Lipinski definition) is 5. The number of fused-ring (bicyclic) bond motifs is 2. The van der Waals surface area contributed by atoms with Crippen LogP contribution in [0.5, 0.6) is 0 Å². The first kappa shape index (κ1) is 82.0. The van der Waals surface area contributed by atoms with Crippen LogP contribution in [0.1, 0.15) is 193 Å². The van der Waals surface area contributed by atoms with Crippen molar-refractivity contribution in [2.24, 2.45) is 53.1 Å². The number of nitrogens with two attached hydrogens (primary N) is 1. The minimum Gasteiger partial charge on any atom is -0.481 e. The summed E-state index contributed by atoms with van der Waals surface area (Å²) in [6, 6.07) is 15.0. The topological polar surface area (TPSA) is 333 Å². The van der Waals surface area contributed by atoms with Gasteiger partial charge < -0.3 is 50.8 Å². The van der Waals surface area contributed by atoms with Crippen LogP contribution in [0.25, 0.3) is 0 Å². The summed E-state index contributed by atoms with van der Waals surface area (Å²) in [6.07, 6.45) is 8.44. The third-order valence-electron chi connectivity index (χ3n) is 21.1. The molecule has 3 aliphatic rings. The number of unbranched alkanes of at least 4 members (excludes halogenated alkanes) is 2. The molecule has 3 fully saturated rings. The number of carbonyl (C=O) groups excluding carboxylic acids is 10. The van der Waals surface area contributed by atoms with Gasteiger partial charge in [-0.2, -0.15) is 0 Å². The van der Waals surface area contributed by atoms with Crippen molar-refractivity contribution < 1.29 is 72.1 Å². The summed E-state index contributed by atoms with van der Waals surface area (Å²) in [4.78, 5) is 163. The van der Waals surface area contributed by atoms with Crippen LogP contribution in [0, 0.1) is 47.3 Å². The zero-order valence-electron chi connectivity index (χ0n) is 61.4. The van der Waals surface area contributed by atoms with Crippen molar-refractivity contribution in [2.45, 2.75) is 232 Å². The quantitative estimate of drug-likeness (QED) is 0.0329. The molecular formula is C77H113N9O15. The number of ether oxygens (including phenoxy) is 3. The normalized spacial score (nSPS) is 19.4. The fourth-order valence-electron chi connectivity index (χ4n) is 15.0. The molecule has 2 aliphatic heterocycles. The van der Waals surface area contributed by atoms with Gasteiger partial charge in [-0.1, -0.05) is 123 Å². The van der Waals surface area contributed by atoms with Crippen LogP contribution in [0.4, 0.5) is 9.59 Å². The molecule has 1 aromatic heterocycles. The van der Waals surface area contributed by atoms with E-state index in [1.165, 1.54) is 6.92 Å². The van der Waals surface area contributed by atoms with Crippen molar-refractivity contribution in [3.05, 3.63) is 95.6 Å². The third-order valence-corrected chi connectivity index (χ3v) is 21.1. The molecule has 3 heterocycles. The number of carboxylic acids is 1. The van der Waals surface area contributed by atoms with Gasteiger partial charge in [0.2, 0.25) is 23.6 Å². The Morgan fingerprint density at radius 3 is 2.03 bits per heavy atom. The van der Waals surface area contributed by atoms with Gasteiger partial charge in [-0.05, 0) is 111 Å². The predicted octanol–water partition coefficient (Wildman–Crippen LogP) is 9.17. The second-order valence-corrected chi connectivity index (χ2v) is 29.1. The first-order valence-electron chi connectivity index (χ1n) is 36.6. The summed E-state index contributed by atoms with van der Waals surface area (Å²) in [5.74, 6) is -6.16. The van der Waals surface area contributed by atoms with Crippen molar-refractivity contribution in [3.8, 4) is 0 Å². The van der Waals surface area contributed by atoms with Gasteiger partial charge in [0.25, 0.3) is 0 Å². The van der Waals surface area contributed by atoms with Crippen molar-refractivity contribution in [1.29, 1.82) is 0 Å². The molecule has 2 aromatic carbocycles.